The van der Waals surface area contributed by atoms with E-state index < -0.39 is 17.7 Å². The number of benzene rings is 2. The van der Waals surface area contributed by atoms with Crippen molar-refractivity contribution in [3.63, 3.8) is 0 Å². The fraction of sp³-hybridized carbons (Fsp3) is 0.238. The first kappa shape index (κ1) is 19.5. The molecule has 140 valence electrons. The number of hydrogen-bond donors (Lipinski definition) is 1. The Labute approximate surface area is 168 Å². The van der Waals surface area contributed by atoms with Gasteiger partial charge in [-0.15, -0.1) is 0 Å². The topological polar surface area (TPSA) is 57.6 Å². The number of aliphatic hydroxyl groups is 1. The molecule has 3 rings (SSSR count). The SMILES string of the molecule is Cc1ccccc1C1C(C(=O)C(C)C)=C(O)C(=O)N1c1ccc(Cl)c(Cl)c1. The largest absolute Gasteiger partial charge is 0.503 e. The number of hydrogen-bond acceptors (Lipinski definition) is 3. The maximum absolute atomic E-state index is 12.9. The standard InChI is InChI=1S/C21H19Cl2NO3/c1-11(2)19(25)17-18(14-7-5-4-6-12(14)3)24(21(27)20(17)26)13-8-9-15(22)16(23)10-13/h4-11,18,26H,1-3H3. The molecule has 0 aromatic heterocycles. The van der Waals surface area contributed by atoms with E-state index in [0.29, 0.717) is 10.7 Å². The summed E-state index contributed by atoms with van der Waals surface area (Å²) in [6, 6.07) is 11.5. The van der Waals surface area contributed by atoms with Crippen LogP contribution in [0.15, 0.2) is 53.8 Å². The Bertz CT molecular complexity index is 966. The Balaban J connectivity index is 2.24. The third kappa shape index (κ3) is 3.35. The Morgan fingerprint density at radius 3 is 2.37 bits per heavy atom. The molecule has 0 bridgehead atoms. The Hall–Kier alpha value is -2.30. The smallest absolute Gasteiger partial charge is 0.294 e. The van der Waals surface area contributed by atoms with Gasteiger partial charge in [0.1, 0.15) is 0 Å². The number of ketones is 1. The Morgan fingerprint density at radius 2 is 1.78 bits per heavy atom. The molecule has 4 nitrogen and oxygen atoms in total. The van der Waals surface area contributed by atoms with E-state index in [4.69, 9.17) is 23.2 Å². The second kappa shape index (κ2) is 7.37. The quantitative estimate of drug-likeness (QED) is 0.740. The molecule has 1 N–H and O–H groups in total. The van der Waals surface area contributed by atoms with Gasteiger partial charge in [-0.05, 0) is 36.2 Å². The van der Waals surface area contributed by atoms with Crippen molar-refractivity contribution >= 4 is 40.6 Å². The van der Waals surface area contributed by atoms with Gasteiger partial charge in [0.2, 0.25) is 0 Å². The first-order chi connectivity index (χ1) is 12.7. The highest BCUT2D eigenvalue weighted by Crippen LogP contribution is 2.43. The zero-order valence-electron chi connectivity index (χ0n) is 15.2. The summed E-state index contributed by atoms with van der Waals surface area (Å²) in [7, 11) is 0. The van der Waals surface area contributed by atoms with Crippen LogP contribution in [0.25, 0.3) is 0 Å². The number of aliphatic hydroxyl groups excluding tert-OH is 1. The number of anilines is 1. The van der Waals surface area contributed by atoms with Crippen molar-refractivity contribution in [2.45, 2.75) is 26.8 Å². The number of carbonyl (C=O) groups is 2. The second-order valence-electron chi connectivity index (χ2n) is 6.81. The normalized spacial score (nSPS) is 17.2. The number of carbonyl (C=O) groups excluding carboxylic acids is 2. The lowest BCUT2D eigenvalue weighted by atomic mass is 9.89. The van der Waals surface area contributed by atoms with Crippen molar-refractivity contribution in [3.05, 3.63) is 75.0 Å². The van der Waals surface area contributed by atoms with Gasteiger partial charge in [-0.25, -0.2) is 0 Å². The first-order valence-electron chi connectivity index (χ1n) is 8.55. The van der Waals surface area contributed by atoms with E-state index in [2.05, 4.69) is 0 Å². The number of aryl methyl sites for hydroxylation is 1. The van der Waals surface area contributed by atoms with Crippen LogP contribution in [0, 0.1) is 12.8 Å². The predicted molar refractivity (Wildman–Crippen MR) is 107 cm³/mol. The molecule has 1 aliphatic heterocycles. The van der Waals surface area contributed by atoms with Gasteiger partial charge in [-0.1, -0.05) is 61.3 Å². The van der Waals surface area contributed by atoms with Crippen LogP contribution in [-0.4, -0.2) is 16.8 Å². The molecule has 0 aliphatic carbocycles. The highest BCUT2D eigenvalue weighted by molar-refractivity contribution is 6.42. The molecule has 0 radical (unpaired) electrons. The van der Waals surface area contributed by atoms with Crippen molar-refractivity contribution in [1.29, 1.82) is 0 Å². The van der Waals surface area contributed by atoms with Gasteiger partial charge in [0, 0.05) is 11.6 Å². The molecular weight excluding hydrogens is 385 g/mol. The van der Waals surface area contributed by atoms with Gasteiger partial charge < -0.3 is 5.11 Å². The summed E-state index contributed by atoms with van der Waals surface area (Å²) in [5.74, 6) is -1.79. The lowest BCUT2D eigenvalue weighted by Gasteiger charge is -2.28. The zero-order chi connectivity index (χ0) is 19.9. The predicted octanol–water partition coefficient (Wildman–Crippen LogP) is 5.43. The van der Waals surface area contributed by atoms with Gasteiger partial charge in [0.05, 0.1) is 21.7 Å². The second-order valence-corrected chi connectivity index (χ2v) is 7.63. The van der Waals surface area contributed by atoms with Crippen LogP contribution in [0.3, 0.4) is 0 Å². The van der Waals surface area contributed by atoms with Crippen molar-refractivity contribution in [2.75, 3.05) is 4.90 Å². The minimum atomic E-state index is -0.731. The highest BCUT2D eigenvalue weighted by atomic mass is 35.5. The molecule has 0 saturated heterocycles. The van der Waals surface area contributed by atoms with Crippen LogP contribution in [0.2, 0.25) is 10.0 Å². The van der Waals surface area contributed by atoms with Crippen LogP contribution < -0.4 is 4.90 Å². The van der Waals surface area contributed by atoms with Crippen molar-refractivity contribution in [3.8, 4) is 0 Å². The van der Waals surface area contributed by atoms with Gasteiger partial charge in [-0.3, -0.25) is 14.5 Å². The molecule has 2 aromatic carbocycles. The summed E-state index contributed by atoms with van der Waals surface area (Å²) in [4.78, 5) is 27.2. The summed E-state index contributed by atoms with van der Waals surface area (Å²) in [5.41, 5.74) is 2.24. The van der Waals surface area contributed by atoms with E-state index in [1.165, 1.54) is 4.90 Å². The van der Waals surface area contributed by atoms with E-state index in [-0.39, 0.29) is 22.3 Å². The van der Waals surface area contributed by atoms with Crippen molar-refractivity contribution in [1.82, 2.24) is 0 Å². The first-order valence-corrected chi connectivity index (χ1v) is 9.31. The number of halogens is 2. The maximum Gasteiger partial charge on any atom is 0.294 e. The number of rotatable bonds is 4. The third-order valence-electron chi connectivity index (χ3n) is 4.66. The average Bonchev–Trinajstić information content (AvgIpc) is 2.88. The average molecular weight is 404 g/mol. The van der Waals surface area contributed by atoms with Crippen LogP contribution in [-0.2, 0) is 9.59 Å². The maximum atomic E-state index is 12.9. The van der Waals surface area contributed by atoms with Crippen LogP contribution in [0.5, 0.6) is 0 Å². The number of amides is 1. The van der Waals surface area contributed by atoms with E-state index >= 15 is 0 Å². The van der Waals surface area contributed by atoms with Crippen molar-refractivity contribution < 1.29 is 14.7 Å². The number of Topliss-reactive ketones (excluding diaryl/α,β-unsaturated/α-hetero) is 1. The van der Waals surface area contributed by atoms with Crippen LogP contribution >= 0.6 is 23.2 Å². The van der Waals surface area contributed by atoms with E-state index in [1.807, 2.05) is 31.2 Å². The summed E-state index contributed by atoms with van der Waals surface area (Å²) in [5, 5.41) is 11.2. The summed E-state index contributed by atoms with van der Waals surface area (Å²) in [6.07, 6.45) is 0. The molecule has 6 heteroatoms. The molecule has 0 fully saturated rings. The zero-order valence-corrected chi connectivity index (χ0v) is 16.7. The van der Waals surface area contributed by atoms with Gasteiger partial charge in [-0.2, -0.15) is 0 Å². The van der Waals surface area contributed by atoms with E-state index in [9.17, 15) is 14.7 Å². The number of nitrogens with zero attached hydrogens (tertiary/aromatic N) is 1. The molecular formula is C21H19Cl2NO3. The lowest BCUT2D eigenvalue weighted by molar-refractivity contribution is -0.119. The van der Waals surface area contributed by atoms with Gasteiger partial charge in [0.25, 0.3) is 5.91 Å². The van der Waals surface area contributed by atoms with E-state index in [0.717, 1.165) is 11.1 Å². The minimum Gasteiger partial charge on any atom is -0.503 e. The Kier molecular flexibility index (Phi) is 5.31. The van der Waals surface area contributed by atoms with Crippen molar-refractivity contribution in [2.24, 2.45) is 5.92 Å². The molecule has 1 aliphatic rings. The molecule has 0 saturated carbocycles. The fourth-order valence-corrected chi connectivity index (χ4v) is 3.55. The van der Waals surface area contributed by atoms with Gasteiger partial charge >= 0.3 is 0 Å². The van der Waals surface area contributed by atoms with Gasteiger partial charge in [0.15, 0.2) is 11.5 Å². The summed E-state index contributed by atoms with van der Waals surface area (Å²) in [6.45, 7) is 5.38. The molecule has 1 atom stereocenters. The lowest BCUT2D eigenvalue weighted by Crippen LogP contribution is -2.31. The van der Waals surface area contributed by atoms with E-state index in [1.54, 1.807) is 32.0 Å². The molecule has 27 heavy (non-hydrogen) atoms. The molecule has 1 heterocycles. The van der Waals surface area contributed by atoms with Crippen LogP contribution in [0.4, 0.5) is 5.69 Å². The Morgan fingerprint density at radius 1 is 1.11 bits per heavy atom. The summed E-state index contributed by atoms with van der Waals surface area (Å²) < 4.78 is 0. The fourth-order valence-electron chi connectivity index (χ4n) is 3.26. The molecule has 2 aromatic rings. The summed E-state index contributed by atoms with van der Waals surface area (Å²) >= 11 is 12.1. The molecule has 0 spiro atoms. The van der Waals surface area contributed by atoms with Crippen LogP contribution in [0.1, 0.15) is 31.0 Å². The molecule has 1 unspecified atom stereocenters. The highest BCUT2D eigenvalue weighted by Gasteiger charge is 2.45. The molecule has 1 amide bonds. The third-order valence-corrected chi connectivity index (χ3v) is 5.40. The minimum absolute atomic E-state index is 0.107. The monoisotopic (exact) mass is 403 g/mol.